The molecule has 0 N–H and O–H groups in total. The van der Waals surface area contributed by atoms with Gasteiger partial charge in [0, 0.05) is 18.9 Å². The Hall–Kier alpha value is -3.02. The average Bonchev–Trinajstić information content (AvgIpc) is 3.23. The van der Waals surface area contributed by atoms with Crippen molar-refractivity contribution < 1.29 is 23.4 Å². The van der Waals surface area contributed by atoms with Crippen molar-refractivity contribution in [2.24, 2.45) is 4.99 Å². The molecule has 2 heterocycles. The minimum atomic E-state index is -0.466. The van der Waals surface area contributed by atoms with Crippen molar-refractivity contribution in [2.75, 3.05) is 14.2 Å². The fourth-order valence-electron chi connectivity index (χ4n) is 2.32. The van der Waals surface area contributed by atoms with Crippen LogP contribution in [-0.2, 0) is 16.0 Å². The minimum absolute atomic E-state index is 0.250. The molecule has 0 saturated carbocycles. The van der Waals surface area contributed by atoms with Crippen LogP contribution in [0.15, 0.2) is 51.7 Å². The molecular formula is C18H17NO5. The number of methoxy groups -OCH3 is 2. The van der Waals surface area contributed by atoms with Gasteiger partial charge in [-0.25, -0.2) is 9.79 Å². The number of aryl methyl sites for hydroxylation is 1. The van der Waals surface area contributed by atoms with Gasteiger partial charge in [-0.3, -0.25) is 0 Å². The molecule has 6 nitrogen and oxygen atoms in total. The molecule has 124 valence electrons. The number of hydrogen-bond donors (Lipinski definition) is 0. The first kappa shape index (κ1) is 15.9. The summed E-state index contributed by atoms with van der Waals surface area (Å²) in [6.07, 6.45) is 4.38. The molecule has 1 aromatic carbocycles. The Morgan fingerprint density at radius 2 is 1.88 bits per heavy atom. The van der Waals surface area contributed by atoms with Crippen LogP contribution in [0.5, 0.6) is 11.5 Å². The van der Waals surface area contributed by atoms with Gasteiger partial charge in [0.25, 0.3) is 0 Å². The van der Waals surface area contributed by atoms with E-state index in [0.29, 0.717) is 30.2 Å². The molecule has 0 bridgehead atoms. The summed E-state index contributed by atoms with van der Waals surface area (Å²) >= 11 is 0. The average molecular weight is 327 g/mol. The van der Waals surface area contributed by atoms with Crippen LogP contribution >= 0.6 is 0 Å². The Labute approximate surface area is 139 Å². The fraction of sp³-hybridized carbons (Fsp3) is 0.222. The van der Waals surface area contributed by atoms with Crippen LogP contribution in [0.25, 0.3) is 6.08 Å². The van der Waals surface area contributed by atoms with Gasteiger partial charge in [0.15, 0.2) is 11.6 Å². The van der Waals surface area contributed by atoms with Crippen LogP contribution in [0.1, 0.15) is 17.7 Å². The van der Waals surface area contributed by atoms with Gasteiger partial charge in [-0.15, -0.1) is 0 Å². The summed E-state index contributed by atoms with van der Waals surface area (Å²) in [6, 6.07) is 9.03. The Balaban J connectivity index is 1.77. The molecule has 0 spiro atoms. The highest BCUT2D eigenvalue weighted by molar-refractivity contribution is 6.07. The lowest BCUT2D eigenvalue weighted by molar-refractivity contribution is -0.130. The van der Waals surface area contributed by atoms with E-state index in [4.69, 9.17) is 18.6 Å². The largest absolute Gasteiger partial charge is 0.497 e. The number of carbonyl (C=O) groups excluding carboxylic acids is 1. The molecule has 0 unspecified atom stereocenters. The number of benzene rings is 1. The Bertz CT molecular complexity index is 767. The summed E-state index contributed by atoms with van der Waals surface area (Å²) in [5.74, 6) is 2.01. The Kier molecular flexibility index (Phi) is 4.65. The Morgan fingerprint density at radius 3 is 2.50 bits per heavy atom. The van der Waals surface area contributed by atoms with Gasteiger partial charge < -0.3 is 18.6 Å². The smallest absolute Gasteiger partial charge is 0.363 e. The number of carbonyl (C=O) groups is 1. The normalized spacial score (nSPS) is 15.3. The highest BCUT2D eigenvalue weighted by Crippen LogP contribution is 2.25. The van der Waals surface area contributed by atoms with E-state index >= 15 is 0 Å². The number of ether oxygens (including phenoxy) is 3. The van der Waals surface area contributed by atoms with Gasteiger partial charge >= 0.3 is 5.97 Å². The molecular weight excluding hydrogens is 310 g/mol. The zero-order chi connectivity index (χ0) is 16.9. The molecule has 0 atom stereocenters. The SMILES string of the molecule is COc1cc(/C=C2/N=C(CCc3ccco3)OC2=O)cc(OC)c1. The summed E-state index contributed by atoms with van der Waals surface area (Å²) in [5.41, 5.74) is 0.994. The van der Waals surface area contributed by atoms with Crippen molar-refractivity contribution in [3.63, 3.8) is 0 Å². The first-order chi connectivity index (χ1) is 11.7. The highest BCUT2D eigenvalue weighted by atomic mass is 16.6. The van der Waals surface area contributed by atoms with Gasteiger partial charge in [-0.1, -0.05) is 0 Å². The van der Waals surface area contributed by atoms with Gasteiger partial charge in [0.1, 0.15) is 17.3 Å². The maximum atomic E-state index is 12.0. The van der Waals surface area contributed by atoms with Crippen molar-refractivity contribution in [1.82, 2.24) is 0 Å². The molecule has 0 amide bonds. The van der Waals surface area contributed by atoms with Gasteiger partial charge in [-0.05, 0) is 35.9 Å². The molecule has 0 aliphatic carbocycles. The first-order valence-electron chi connectivity index (χ1n) is 7.45. The number of furan rings is 1. The lowest BCUT2D eigenvalue weighted by Crippen LogP contribution is -2.04. The maximum Gasteiger partial charge on any atom is 0.363 e. The van der Waals surface area contributed by atoms with Crippen LogP contribution in [-0.4, -0.2) is 26.1 Å². The summed E-state index contributed by atoms with van der Waals surface area (Å²) in [6.45, 7) is 0. The third-order valence-electron chi connectivity index (χ3n) is 3.51. The molecule has 0 fully saturated rings. The minimum Gasteiger partial charge on any atom is -0.497 e. The highest BCUT2D eigenvalue weighted by Gasteiger charge is 2.23. The van der Waals surface area contributed by atoms with E-state index in [0.717, 1.165) is 11.3 Å². The molecule has 0 saturated heterocycles. The van der Waals surface area contributed by atoms with Crippen LogP contribution < -0.4 is 9.47 Å². The lowest BCUT2D eigenvalue weighted by atomic mass is 10.1. The molecule has 24 heavy (non-hydrogen) atoms. The van der Waals surface area contributed by atoms with Crippen LogP contribution in [0.2, 0.25) is 0 Å². The summed E-state index contributed by atoms with van der Waals surface area (Å²) in [5, 5.41) is 0. The lowest BCUT2D eigenvalue weighted by Gasteiger charge is -2.05. The van der Waals surface area contributed by atoms with E-state index in [2.05, 4.69) is 4.99 Å². The van der Waals surface area contributed by atoms with Crippen molar-refractivity contribution in [3.8, 4) is 11.5 Å². The molecule has 0 radical (unpaired) electrons. The molecule has 1 aromatic heterocycles. The summed E-state index contributed by atoms with van der Waals surface area (Å²) in [4.78, 5) is 16.2. The summed E-state index contributed by atoms with van der Waals surface area (Å²) in [7, 11) is 3.14. The van der Waals surface area contributed by atoms with E-state index in [1.165, 1.54) is 0 Å². The van der Waals surface area contributed by atoms with Crippen molar-refractivity contribution in [1.29, 1.82) is 0 Å². The third-order valence-corrected chi connectivity index (χ3v) is 3.51. The number of aliphatic imine (C=N–C) groups is 1. The molecule has 1 aliphatic rings. The fourth-order valence-corrected chi connectivity index (χ4v) is 2.32. The topological polar surface area (TPSA) is 70.3 Å². The van der Waals surface area contributed by atoms with Crippen LogP contribution in [0.4, 0.5) is 0 Å². The molecule has 6 heteroatoms. The van der Waals surface area contributed by atoms with Gasteiger partial charge in [-0.2, -0.15) is 0 Å². The molecule has 3 rings (SSSR count). The number of rotatable bonds is 6. The van der Waals surface area contributed by atoms with Crippen LogP contribution in [0.3, 0.4) is 0 Å². The second-order valence-corrected chi connectivity index (χ2v) is 5.15. The number of hydrogen-bond acceptors (Lipinski definition) is 6. The summed E-state index contributed by atoms with van der Waals surface area (Å²) < 4.78 is 20.9. The number of esters is 1. The first-order valence-corrected chi connectivity index (χ1v) is 7.45. The van der Waals surface area contributed by atoms with Gasteiger partial charge in [0.2, 0.25) is 0 Å². The maximum absolute atomic E-state index is 12.0. The number of cyclic esters (lactones) is 1. The van der Waals surface area contributed by atoms with E-state index in [1.807, 2.05) is 12.1 Å². The monoisotopic (exact) mass is 327 g/mol. The zero-order valence-electron chi connectivity index (χ0n) is 13.4. The van der Waals surface area contributed by atoms with Crippen molar-refractivity contribution in [3.05, 3.63) is 53.6 Å². The van der Waals surface area contributed by atoms with Crippen molar-refractivity contribution in [2.45, 2.75) is 12.8 Å². The van der Waals surface area contributed by atoms with Crippen molar-refractivity contribution >= 4 is 17.9 Å². The second-order valence-electron chi connectivity index (χ2n) is 5.15. The van der Waals surface area contributed by atoms with E-state index in [-0.39, 0.29) is 5.70 Å². The quantitative estimate of drug-likeness (QED) is 0.602. The Morgan fingerprint density at radius 1 is 1.12 bits per heavy atom. The van der Waals surface area contributed by atoms with Gasteiger partial charge in [0.05, 0.1) is 20.5 Å². The predicted octanol–water partition coefficient (Wildman–Crippen LogP) is 3.23. The second kappa shape index (κ2) is 7.04. The molecule has 2 aromatic rings. The standard InChI is InChI=1S/C18H17NO5/c1-21-14-8-12(9-15(11-14)22-2)10-16-18(20)24-17(19-16)6-5-13-4-3-7-23-13/h3-4,7-11H,5-6H2,1-2H3/b16-10+. The third kappa shape index (κ3) is 3.65. The van der Waals surface area contributed by atoms with E-state index < -0.39 is 5.97 Å². The zero-order valence-corrected chi connectivity index (χ0v) is 13.4. The van der Waals surface area contributed by atoms with Crippen LogP contribution in [0, 0.1) is 0 Å². The number of nitrogens with zero attached hydrogens (tertiary/aromatic N) is 1. The predicted molar refractivity (Wildman–Crippen MR) is 88.1 cm³/mol. The van der Waals surface area contributed by atoms with E-state index in [1.54, 1.807) is 44.8 Å². The molecule has 1 aliphatic heterocycles. The van der Waals surface area contributed by atoms with E-state index in [9.17, 15) is 4.79 Å².